The number of hydrogen-bond acceptors (Lipinski definition) is 5. The fourth-order valence-electron chi connectivity index (χ4n) is 3.64. The fourth-order valence-corrected chi connectivity index (χ4v) is 3.64. The van der Waals surface area contributed by atoms with E-state index < -0.39 is 0 Å². The van der Waals surface area contributed by atoms with Gasteiger partial charge in [-0.05, 0) is 38.2 Å². The monoisotopic (exact) mass is 382 g/mol. The lowest BCUT2D eigenvalue weighted by atomic mass is 10.1. The molecule has 3 rings (SSSR count). The summed E-state index contributed by atoms with van der Waals surface area (Å²) in [6, 6.07) is 13.9. The minimum atomic E-state index is 0.0828. The molecule has 0 spiro atoms. The SMILES string of the molecule is CC(=O)N(C)C[C@H]1CN(c2c(N)ccc(Oc3ccccc3)c2C)CCN1C. The molecule has 0 radical (unpaired) electrons. The Balaban J connectivity index is 1.83. The minimum Gasteiger partial charge on any atom is -0.457 e. The molecule has 1 aliphatic rings. The Morgan fingerprint density at radius 2 is 1.93 bits per heavy atom. The van der Waals surface area contributed by atoms with Gasteiger partial charge in [0.05, 0.1) is 11.4 Å². The molecule has 6 nitrogen and oxygen atoms in total. The molecule has 2 aromatic rings. The quantitative estimate of drug-likeness (QED) is 0.806. The molecule has 1 heterocycles. The normalized spacial score (nSPS) is 17.4. The third-order valence-corrected chi connectivity index (χ3v) is 5.50. The van der Waals surface area contributed by atoms with Crippen LogP contribution in [-0.2, 0) is 4.79 Å². The zero-order chi connectivity index (χ0) is 20.3. The van der Waals surface area contributed by atoms with Crippen LogP contribution in [0.25, 0.3) is 0 Å². The molecule has 0 aliphatic carbocycles. The maximum absolute atomic E-state index is 11.7. The Kier molecular flexibility index (Phi) is 6.09. The highest BCUT2D eigenvalue weighted by Gasteiger charge is 2.28. The van der Waals surface area contributed by atoms with E-state index in [0.717, 1.165) is 48.1 Å². The molecule has 1 aliphatic heterocycles. The van der Waals surface area contributed by atoms with Crippen LogP contribution < -0.4 is 15.4 Å². The van der Waals surface area contributed by atoms with Gasteiger partial charge in [-0.15, -0.1) is 0 Å². The van der Waals surface area contributed by atoms with Crippen LogP contribution in [0.3, 0.4) is 0 Å². The maximum atomic E-state index is 11.7. The van der Waals surface area contributed by atoms with E-state index in [-0.39, 0.29) is 11.9 Å². The number of nitrogen functional groups attached to an aromatic ring is 1. The smallest absolute Gasteiger partial charge is 0.219 e. The van der Waals surface area contributed by atoms with E-state index in [9.17, 15) is 4.79 Å². The molecule has 0 unspecified atom stereocenters. The summed E-state index contributed by atoms with van der Waals surface area (Å²) in [5.74, 6) is 1.70. The van der Waals surface area contributed by atoms with Crippen LogP contribution >= 0.6 is 0 Å². The molecule has 2 aromatic carbocycles. The number of nitrogens with zero attached hydrogens (tertiary/aromatic N) is 3. The van der Waals surface area contributed by atoms with Gasteiger partial charge < -0.3 is 20.3 Å². The van der Waals surface area contributed by atoms with E-state index in [2.05, 4.69) is 23.8 Å². The summed E-state index contributed by atoms with van der Waals surface area (Å²) < 4.78 is 6.09. The zero-order valence-electron chi connectivity index (χ0n) is 17.2. The molecule has 0 bridgehead atoms. The third kappa shape index (κ3) is 4.39. The highest BCUT2D eigenvalue weighted by molar-refractivity contribution is 5.75. The average Bonchev–Trinajstić information content (AvgIpc) is 2.67. The van der Waals surface area contributed by atoms with Gasteiger partial charge in [-0.1, -0.05) is 18.2 Å². The standard InChI is InChI=1S/C22H30N4O2/c1-16-21(28-19-8-6-5-7-9-19)11-10-20(23)22(16)26-13-12-24(3)18(15-26)14-25(4)17(2)27/h5-11,18H,12-15,23H2,1-4H3/t18-/m0/s1. The summed E-state index contributed by atoms with van der Waals surface area (Å²) in [6.45, 7) is 6.97. The molecule has 150 valence electrons. The highest BCUT2D eigenvalue weighted by Crippen LogP contribution is 2.37. The van der Waals surface area contributed by atoms with Gasteiger partial charge in [0.2, 0.25) is 5.91 Å². The number of hydrogen-bond donors (Lipinski definition) is 1. The zero-order valence-corrected chi connectivity index (χ0v) is 17.2. The topological polar surface area (TPSA) is 62.0 Å². The molecule has 2 N–H and O–H groups in total. The number of carbonyl (C=O) groups excluding carboxylic acids is 1. The third-order valence-electron chi connectivity index (χ3n) is 5.50. The minimum absolute atomic E-state index is 0.0828. The molecule has 1 fully saturated rings. The predicted octanol–water partition coefficient (Wildman–Crippen LogP) is 2.97. The summed E-state index contributed by atoms with van der Waals surface area (Å²) in [5, 5.41) is 0. The van der Waals surface area contributed by atoms with Gasteiger partial charge in [0, 0.05) is 51.8 Å². The van der Waals surface area contributed by atoms with Crippen molar-refractivity contribution in [2.24, 2.45) is 0 Å². The summed E-state index contributed by atoms with van der Waals surface area (Å²) in [4.78, 5) is 18.1. The molecular formula is C22H30N4O2. The van der Waals surface area contributed by atoms with Crippen molar-refractivity contribution >= 4 is 17.3 Å². The number of piperazine rings is 1. The molecular weight excluding hydrogens is 352 g/mol. The van der Waals surface area contributed by atoms with E-state index >= 15 is 0 Å². The lowest BCUT2D eigenvalue weighted by molar-refractivity contribution is -0.128. The van der Waals surface area contributed by atoms with Crippen molar-refractivity contribution in [2.75, 3.05) is 50.9 Å². The summed E-state index contributed by atoms with van der Waals surface area (Å²) in [5.41, 5.74) is 9.18. The van der Waals surface area contributed by atoms with E-state index in [4.69, 9.17) is 10.5 Å². The van der Waals surface area contributed by atoms with Gasteiger partial charge in [-0.3, -0.25) is 9.69 Å². The van der Waals surface area contributed by atoms with Gasteiger partial charge in [-0.2, -0.15) is 0 Å². The van der Waals surface area contributed by atoms with Gasteiger partial charge in [0.1, 0.15) is 11.5 Å². The van der Waals surface area contributed by atoms with E-state index in [1.807, 2.05) is 49.5 Å². The predicted molar refractivity (Wildman–Crippen MR) is 114 cm³/mol. The maximum Gasteiger partial charge on any atom is 0.219 e. The van der Waals surface area contributed by atoms with Crippen LogP contribution in [0.4, 0.5) is 11.4 Å². The molecule has 0 aromatic heterocycles. The second kappa shape index (κ2) is 8.52. The van der Waals surface area contributed by atoms with Crippen LogP contribution in [0.2, 0.25) is 0 Å². The Morgan fingerprint density at radius 1 is 1.21 bits per heavy atom. The first kappa shape index (κ1) is 20.0. The van der Waals surface area contributed by atoms with Crippen molar-refractivity contribution in [1.29, 1.82) is 0 Å². The lowest BCUT2D eigenvalue weighted by Crippen LogP contribution is -2.56. The second-order valence-electron chi connectivity index (χ2n) is 7.52. The first-order valence-corrected chi connectivity index (χ1v) is 9.65. The van der Waals surface area contributed by atoms with Crippen molar-refractivity contribution < 1.29 is 9.53 Å². The number of likely N-dealkylation sites (N-methyl/N-ethyl adjacent to an activating group) is 2. The van der Waals surface area contributed by atoms with Crippen molar-refractivity contribution in [3.05, 3.63) is 48.0 Å². The average molecular weight is 383 g/mol. The summed E-state index contributed by atoms with van der Waals surface area (Å²) in [6.07, 6.45) is 0. The van der Waals surface area contributed by atoms with Crippen molar-refractivity contribution in [1.82, 2.24) is 9.80 Å². The number of ether oxygens (including phenoxy) is 1. The summed E-state index contributed by atoms with van der Waals surface area (Å²) >= 11 is 0. The molecule has 28 heavy (non-hydrogen) atoms. The Labute approximate surface area is 167 Å². The Hall–Kier alpha value is -2.73. The van der Waals surface area contributed by atoms with Gasteiger partial charge >= 0.3 is 0 Å². The van der Waals surface area contributed by atoms with Crippen LogP contribution in [0.1, 0.15) is 12.5 Å². The van der Waals surface area contributed by atoms with Crippen LogP contribution in [0.5, 0.6) is 11.5 Å². The van der Waals surface area contributed by atoms with Gasteiger partial charge in [0.25, 0.3) is 0 Å². The van der Waals surface area contributed by atoms with Crippen LogP contribution in [-0.4, -0.2) is 62.0 Å². The second-order valence-corrected chi connectivity index (χ2v) is 7.52. The number of benzene rings is 2. The van der Waals surface area contributed by atoms with E-state index in [0.29, 0.717) is 6.54 Å². The van der Waals surface area contributed by atoms with Crippen LogP contribution in [0, 0.1) is 6.92 Å². The molecule has 1 atom stereocenters. The van der Waals surface area contributed by atoms with Gasteiger partial charge in [0.15, 0.2) is 0 Å². The number of rotatable bonds is 5. The lowest BCUT2D eigenvalue weighted by Gasteiger charge is -2.42. The number of para-hydroxylation sites is 1. The Morgan fingerprint density at radius 3 is 2.61 bits per heavy atom. The van der Waals surface area contributed by atoms with Crippen LogP contribution in [0.15, 0.2) is 42.5 Å². The first-order chi connectivity index (χ1) is 13.4. The van der Waals surface area contributed by atoms with Crippen molar-refractivity contribution in [3.8, 4) is 11.5 Å². The number of carbonyl (C=O) groups is 1. The fraction of sp³-hybridized carbons (Fsp3) is 0.409. The Bertz CT molecular complexity index is 825. The summed E-state index contributed by atoms with van der Waals surface area (Å²) in [7, 11) is 3.96. The van der Waals surface area contributed by atoms with Crippen molar-refractivity contribution in [3.63, 3.8) is 0 Å². The number of amides is 1. The van der Waals surface area contributed by atoms with Gasteiger partial charge in [-0.25, -0.2) is 0 Å². The number of anilines is 2. The largest absolute Gasteiger partial charge is 0.457 e. The molecule has 6 heteroatoms. The van der Waals surface area contributed by atoms with E-state index in [1.165, 1.54) is 0 Å². The van der Waals surface area contributed by atoms with E-state index in [1.54, 1.807) is 11.8 Å². The highest BCUT2D eigenvalue weighted by atomic mass is 16.5. The molecule has 0 saturated carbocycles. The molecule has 1 saturated heterocycles. The first-order valence-electron chi connectivity index (χ1n) is 9.65. The number of nitrogens with two attached hydrogens (primary N) is 1. The molecule has 1 amide bonds. The van der Waals surface area contributed by atoms with Crippen molar-refractivity contribution in [2.45, 2.75) is 19.9 Å².